The van der Waals surface area contributed by atoms with Crippen molar-refractivity contribution in [2.24, 2.45) is 10.8 Å². The minimum Gasteiger partial charge on any atom is -0.497 e. The van der Waals surface area contributed by atoms with E-state index in [0.717, 1.165) is 48.3 Å². The Hall–Kier alpha value is -2.21. The van der Waals surface area contributed by atoms with Crippen LogP contribution < -0.4 is 4.74 Å². The molecule has 3 rings (SSSR count). The van der Waals surface area contributed by atoms with Crippen molar-refractivity contribution in [3.8, 4) is 17.6 Å². The number of allylic oxidation sites excluding steroid dienone is 2. The largest absolute Gasteiger partial charge is 0.497 e. The summed E-state index contributed by atoms with van der Waals surface area (Å²) in [5.74, 6) is 8.49. The molecule has 1 aromatic rings. The Kier molecular flexibility index (Phi) is 5.38. The zero-order chi connectivity index (χ0) is 19.7. The van der Waals surface area contributed by atoms with E-state index in [2.05, 4.69) is 37.8 Å². The number of unbranched alkanes of at least 4 members (excludes halogenated alkanes) is 2. The summed E-state index contributed by atoms with van der Waals surface area (Å²) >= 11 is 0. The predicted molar refractivity (Wildman–Crippen MR) is 108 cm³/mol. The molecule has 1 saturated carbocycles. The third-order valence-corrected chi connectivity index (χ3v) is 5.78. The number of fused-ring (bicyclic) bond motifs is 1. The van der Waals surface area contributed by atoms with Gasteiger partial charge in [0.2, 0.25) is 0 Å². The molecule has 0 radical (unpaired) electrons. The van der Waals surface area contributed by atoms with Gasteiger partial charge in [0, 0.05) is 18.3 Å². The molecule has 144 valence electrons. The van der Waals surface area contributed by atoms with Crippen LogP contribution in [-0.2, 0) is 9.53 Å². The van der Waals surface area contributed by atoms with Crippen LogP contribution in [0.4, 0.5) is 0 Å². The van der Waals surface area contributed by atoms with Crippen molar-refractivity contribution < 1.29 is 14.3 Å². The monoisotopic (exact) mass is 366 g/mol. The topological polar surface area (TPSA) is 35.5 Å². The fourth-order valence-corrected chi connectivity index (χ4v) is 4.30. The van der Waals surface area contributed by atoms with E-state index in [1.165, 1.54) is 0 Å². The van der Waals surface area contributed by atoms with Gasteiger partial charge >= 0.3 is 0 Å². The van der Waals surface area contributed by atoms with Gasteiger partial charge in [0.1, 0.15) is 11.5 Å². The average Bonchev–Trinajstić information content (AvgIpc) is 2.82. The molecular weight excluding hydrogens is 336 g/mol. The van der Waals surface area contributed by atoms with E-state index in [-0.39, 0.29) is 17.3 Å². The van der Waals surface area contributed by atoms with Crippen LogP contribution in [-0.4, -0.2) is 19.0 Å². The Morgan fingerprint density at radius 1 is 1.19 bits per heavy atom. The lowest BCUT2D eigenvalue weighted by molar-refractivity contribution is -0.148. The van der Waals surface area contributed by atoms with Crippen LogP contribution in [0.3, 0.4) is 0 Å². The summed E-state index contributed by atoms with van der Waals surface area (Å²) in [6.45, 7) is 8.36. The van der Waals surface area contributed by atoms with Crippen LogP contribution in [0.25, 0.3) is 5.57 Å². The average molecular weight is 367 g/mol. The molecule has 2 aliphatic carbocycles. The fourth-order valence-electron chi connectivity index (χ4n) is 4.30. The van der Waals surface area contributed by atoms with E-state index < -0.39 is 5.41 Å². The molecule has 27 heavy (non-hydrogen) atoms. The molecule has 2 atom stereocenters. The number of hydrogen-bond acceptors (Lipinski definition) is 3. The maximum Gasteiger partial charge on any atom is 0.159 e. The molecule has 0 saturated heterocycles. The van der Waals surface area contributed by atoms with Crippen molar-refractivity contribution in [3.63, 3.8) is 0 Å². The second-order valence-electron chi connectivity index (χ2n) is 8.20. The lowest BCUT2D eigenvalue weighted by atomic mass is 9.50. The minimum atomic E-state index is -0.778. The number of Topliss-reactive ketones (excluding diaryl/α,β-unsaturated/α-hetero) is 1. The minimum absolute atomic E-state index is 0.00156. The summed E-state index contributed by atoms with van der Waals surface area (Å²) in [5.41, 5.74) is 1.25. The van der Waals surface area contributed by atoms with E-state index in [9.17, 15) is 4.79 Å². The summed E-state index contributed by atoms with van der Waals surface area (Å²) in [6, 6.07) is 8.02. The maximum atomic E-state index is 12.9. The number of ether oxygens (including phenoxy) is 2. The Bertz CT molecular complexity index is 806. The zero-order valence-corrected chi connectivity index (χ0v) is 17.1. The molecular formula is C24H30O3. The number of benzene rings is 1. The quantitative estimate of drug-likeness (QED) is 0.500. The first-order chi connectivity index (χ1) is 12.9. The molecule has 0 heterocycles. The van der Waals surface area contributed by atoms with Crippen LogP contribution in [0.2, 0.25) is 0 Å². The first-order valence-electron chi connectivity index (χ1n) is 9.96. The zero-order valence-electron chi connectivity index (χ0n) is 17.1. The van der Waals surface area contributed by atoms with E-state index in [4.69, 9.17) is 9.47 Å². The number of ketones is 1. The lowest BCUT2D eigenvalue weighted by Crippen LogP contribution is -2.55. The van der Waals surface area contributed by atoms with Gasteiger partial charge in [-0.25, -0.2) is 0 Å². The molecule has 0 amide bonds. The van der Waals surface area contributed by atoms with Crippen LogP contribution in [0, 0.1) is 22.7 Å². The normalized spacial score (nSPS) is 26.4. The smallest absolute Gasteiger partial charge is 0.159 e. The van der Waals surface area contributed by atoms with E-state index >= 15 is 0 Å². The molecule has 0 bridgehead atoms. The highest BCUT2D eigenvalue weighted by Crippen LogP contribution is 2.68. The van der Waals surface area contributed by atoms with Crippen molar-refractivity contribution in [3.05, 3.63) is 35.6 Å². The lowest BCUT2D eigenvalue weighted by Gasteiger charge is -2.49. The van der Waals surface area contributed by atoms with Gasteiger partial charge in [-0.3, -0.25) is 4.79 Å². The molecule has 0 aromatic heterocycles. The fraction of sp³-hybridized carbons (Fsp3) is 0.542. The van der Waals surface area contributed by atoms with Gasteiger partial charge in [0.25, 0.3) is 0 Å². The van der Waals surface area contributed by atoms with Crippen LogP contribution in [0.5, 0.6) is 5.75 Å². The van der Waals surface area contributed by atoms with E-state index in [0.29, 0.717) is 6.42 Å². The summed E-state index contributed by atoms with van der Waals surface area (Å²) < 4.78 is 11.6. The number of hydrogen-bond donors (Lipinski definition) is 0. The van der Waals surface area contributed by atoms with Crippen LogP contribution >= 0.6 is 0 Å². The van der Waals surface area contributed by atoms with Gasteiger partial charge in [-0.1, -0.05) is 38.3 Å². The molecule has 0 unspecified atom stereocenters. The Morgan fingerprint density at radius 2 is 1.89 bits per heavy atom. The van der Waals surface area contributed by atoms with Crippen molar-refractivity contribution >= 4 is 11.4 Å². The summed E-state index contributed by atoms with van der Waals surface area (Å²) in [5, 5.41) is 0. The number of carbonyl (C=O) groups excluding carboxylic acids is 1. The van der Waals surface area contributed by atoms with Gasteiger partial charge in [-0.2, -0.15) is 0 Å². The SMILES string of the molecule is CCCCC#C[C@@]12C(=O)C[C@]1(C)CC(c1ccc(OC)cc1)=C2OC(C)C. The van der Waals surface area contributed by atoms with Gasteiger partial charge in [0.15, 0.2) is 11.2 Å². The first kappa shape index (κ1) is 19.5. The van der Waals surface area contributed by atoms with Gasteiger partial charge in [-0.15, -0.1) is 5.92 Å². The Labute approximate surface area is 163 Å². The number of carbonyl (C=O) groups is 1. The molecule has 3 heteroatoms. The highest BCUT2D eigenvalue weighted by molar-refractivity contribution is 6.03. The molecule has 0 N–H and O–H groups in total. The van der Waals surface area contributed by atoms with Crippen LogP contribution in [0.1, 0.15) is 65.4 Å². The molecule has 1 aromatic carbocycles. The van der Waals surface area contributed by atoms with Gasteiger partial charge < -0.3 is 9.47 Å². The molecule has 1 fully saturated rings. The maximum absolute atomic E-state index is 12.9. The number of methoxy groups -OCH3 is 1. The Balaban J connectivity index is 2.10. The third kappa shape index (κ3) is 3.16. The number of rotatable bonds is 6. The molecule has 0 aliphatic heterocycles. The van der Waals surface area contributed by atoms with Crippen molar-refractivity contribution in [1.29, 1.82) is 0 Å². The summed E-state index contributed by atoms with van der Waals surface area (Å²) in [7, 11) is 1.66. The van der Waals surface area contributed by atoms with Crippen molar-refractivity contribution in [2.75, 3.05) is 7.11 Å². The standard InChI is InChI=1S/C24H30O3/c1-6-7-8-9-14-24-21(25)16-23(24,4)15-20(22(24)27-17(2)3)18-10-12-19(26-5)13-11-18/h10-13,17H,6-8,15-16H2,1-5H3/t23-,24-/m0/s1. The summed E-state index contributed by atoms with van der Waals surface area (Å²) in [6.07, 6.45) is 4.38. The van der Waals surface area contributed by atoms with Gasteiger partial charge in [-0.05, 0) is 50.0 Å². The summed E-state index contributed by atoms with van der Waals surface area (Å²) in [4.78, 5) is 12.9. The van der Waals surface area contributed by atoms with Gasteiger partial charge in [0.05, 0.1) is 13.2 Å². The molecule has 2 aliphatic rings. The first-order valence-corrected chi connectivity index (χ1v) is 9.96. The Morgan fingerprint density at radius 3 is 2.44 bits per heavy atom. The van der Waals surface area contributed by atoms with E-state index in [1.54, 1.807) is 7.11 Å². The second-order valence-corrected chi connectivity index (χ2v) is 8.20. The molecule has 3 nitrogen and oxygen atoms in total. The highest BCUT2D eigenvalue weighted by Gasteiger charge is 2.69. The predicted octanol–water partition coefficient (Wildman–Crippen LogP) is 5.39. The second kappa shape index (κ2) is 7.43. The highest BCUT2D eigenvalue weighted by atomic mass is 16.5. The van der Waals surface area contributed by atoms with Crippen molar-refractivity contribution in [1.82, 2.24) is 0 Å². The van der Waals surface area contributed by atoms with Crippen molar-refractivity contribution in [2.45, 2.75) is 65.9 Å². The van der Waals surface area contributed by atoms with E-state index in [1.807, 2.05) is 26.0 Å². The molecule has 0 spiro atoms. The van der Waals surface area contributed by atoms with Crippen LogP contribution in [0.15, 0.2) is 30.0 Å². The third-order valence-electron chi connectivity index (χ3n) is 5.78.